The van der Waals surface area contributed by atoms with Crippen LogP contribution in [0, 0.1) is 0 Å². The van der Waals surface area contributed by atoms with Crippen LogP contribution in [0.15, 0.2) is 60.7 Å². The summed E-state index contributed by atoms with van der Waals surface area (Å²) in [5, 5.41) is 13.1. The van der Waals surface area contributed by atoms with Gasteiger partial charge in [-0.1, -0.05) is 60.7 Å². The van der Waals surface area contributed by atoms with Gasteiger partial charge in [0.1, 0.15) is 0 Å². The SMILES string of the molecule is O=C(NCC(c1ccccc1)N1CCOCC1)C(O)c1ccccc1. The van der Waals surface area contributed by atoms with E-state index in [2.05, 4.69) is 22.3 Å². The number of carbonyl (C=O) groups excluding carboxylic acids is 1. The number of aliphatic hydroxyl groups excluding tert-OH is 1. The Kier molecular flexibility index (Phi) is 6.17. The van der Waals surface area contributed by atoms with Gasteiger partial charge in [0.05, 0.1) is 19.3 Å². The maximum absolute atomic E-state index is 12.4. The molecule has 2 N–H and O–H groups in total. The predicted molar refractivity (Wildman–Crippen MR) is 96.0 cm³/mol. The topological polar surface area (TPSA) is 61.8 Å². The third-order valence-corrected chi connectivity index (χ3v) is 4.50. The van der Waals surface area contributed by atoms with Gasteiger partial charge in [0.15, 0.2) is 6.10 Å². The number of hydrogen-bond acceptors (Lipinski definition) is 4. The number of nitrogens with zero attached hydrogens (tertiary/aromatic N) is 1. The van der Waals surface area contributed by atoms with Crippen LogP contribution in [0.4, 0.5) is 0 Å². The molecular weight excluding hydrogens is 316 g/mol. The monoisotopic (exact) mass is 340 g/mol. The van der Waals surface area contributed by atoms with E-state index in [-0.39, 0.29) is 11.9 Å². The second-order valence-corrected chi connectivity index (χ2v) is 6.13. The number of morpholine rings is 1. The van der Waals surface area contributed by atoms with Crippen molar-refractivity contribution in [2.45, 2.75) is 12.1 Å². The summed E-state index contributed by atoms with van der Waals surface area (Å²) in [6, 6.07) is 19.2. The van der Waals surface area contributed by atoms with E-state index in [9.17, 15) is 9.90 Å². The van der Waals surface area contributed by atoms with Gasteiger partial charge in [0.25, 0.3) is 5.91 Å². The van der Waals surface area contributed by atoms with Crippen molar-refractivity contribution < 1.29 is 14.6 Å². The Morgan fingerprint density at radius 1 is 1.00 bits per heavy atom. The Morgan fingerprint density at radius 3 is 2.16 bits per heavy atom. The zero-order valence-corrected chi connectivity index (χ0v) is 14.2. The highest BCUT2D eigenvalue weighted by Gasteiger charge is 2.24. The number of aliphatic hydroxyl groups is 1. The summed E-state index contributed by atoms with van der Waals surface area (Å²) in [6.07, 6.45) is -1.15. The molecule has 0 saturated carbocycles. The highest BCUT2D eigenvalue weighted by molar-refractivity contribution is 5.81. The molecule has 0 bridgehead atoms. The largest absolute Gasteiger partial charge is 0.379 e. The lowest BCUT2D eigenvalue weighted by molar-refractivity contribution is -0.130. The van der Waals surface area contributed by atoms with Crippen LogP contribution in [-0.2, 0) is 9.53 Å². The third-order valence-electron chi connectivity index (χ3n) is 4.50. The Balaban J connectivity index is 1.67. The zero-order chi connectivity index (χ0) is 17.5. The molecule has 1 fully saturated rings. The van der Waals surface area contributed by atoms with Crippen molar-refractivity contribution in [3.63, 3.8) is 0 Å². The molecule has 1 aliphatic heterocycles. The number of benzene rings is 2. The normalized spacial score (nSPS) is 17.6. The van der Waals surface area contributed by atoms with Crippen LogP contribution < -0.4 is 5.32 Å². The van der Waals surface area contributed by atoms with Gasteiger partial charge in [-0.15, -0.1) is 0 Å². The fraction of sp³-hybridized carbons (Fsp3) is 0.350. The molecule has 1 aliphatic rings. The highest BCUT2D eigenvalue weighted by Crippen LogP contribution is 2.21. The Labute approximate surface area is 148 Å². The van der Waals surface area contributed by atoms with E-state index in [1.54, 1.807) is 12.1 Å². The van der Waals surface area contributed by atoms with E-state index in [1.165, 1.54) is 0 Å². The van der Waals surface area contributed by atoms with Crippen molar-refractivity contribution >= 4 is 5.91 Å². The summed E-state index contributed by atoms with van der Waals surface area (Å²) in [5.74, 6) is -0.375. The van der Waals surface area contributed by atoms with E-state index in [4.69, 9.17) is 4.74 Å². The van der Waals surface area contributed by atoms with Gasteiger partial charge < -0.3 is 15.2 Å². The molecule has 0 spiro atoms. The van der Waals surface area contributed by atoms with Crippen molar-refractivity contribution in [2.24, 2.45) is 0 Å². The lowest BCUT2D eigenvalue weighted by Crippen LogP contribution is -2.44. The molecule has 1 saturated heterocycles. The first-order valence-corrected chi connectivity index (χ1v) is 8.63. The molecular formula is C20H24N2O3. The Bertz CT molecular complexity index is 657. The smallest absolute Gasteiger partial charge is 0.253 e. The summed E-state index contributed by atoms with van der Waals surface area (Å²) in [7, 11) is 0. The highest BCUT2D eigenvalue weighted by atomic mass is 16.5. The zero-order valence-electron chi connectivity index (χ0n) is 14.2. The number of rotatable bonds is 6. The van der Waals surface area contributed by atoms with Crippen molar-refractivity contribution in [1.29, 1.82) is 0 Å². The quantitative estimate of drug-likeness (QED) is 0.843. The molecule has 2 atom stereocenters. The summed E-state index contributed by atoms with van der Waals surface area (Å²) >= 11 is 0. The molecule has 1 amide bonds. The minimum Gasteiger partial charge on any atom is -0.379 e. The van der Waals surface area contributed by atoms with Crippen LogP contribution in [0.2, 0.25) is 0 Å². The van der Waals surface area contributed by atoms with Crippen LogP contribution in [0.5, 0.6) is 0 Å². The molecule has 3 rings (SSSR count). The molecule has 2 unspecified atom stereocenters. The molecule has 2 aromatic rings. The summed E-state index contributed by atoms with van der Waals surface area (Å²) < 4.78 is 5.44. The number of ether oxygens (including phenoxy) is 1. The molecule has 2 aromatic carbocycles. The summed E-state index contributed by atoms with van der Waals surface area (Å²) in [4.78, 5) is 14.7. The van der Waals surface area contributed by atoms with E-state index in [1.807, 2.05) is 36.4 Å². The van der Waals surface area contributed by atoms with Crippen LogP contribution in [0.25, 0.3) is 0 Å². The average molecular weight is 340 g/mol. The Morgan fingerprint density at radius 2 is 1.56 bits per heavy atom. The van der Waals surface area contributed by atoms with Crippen LogP contribution in [0.1, 0.15) is 23.3 Å². The fourth-order valence-electron chi connectivity index (χ4n) is 3.10. The molecule has 25 heavy (non-hydrogen) atoms. The fourth-order valence-corrected chi connectivity index (χ4v) is 3.10. The van der Waals surface area contributed by atoms with Crippen LogP contribution >= 0.6 is 0 Å². The summed E-state index contributed by atoms with van der Waals surface area (Å²) in [6.45, 7) is 3.51. The standard InChI is InChI=1S/C20H24N2O3/c23-19(17-9-5-2-6-10-17)20(24)21-15-18(16-7-3-1-4-8-16)22-11-13-25-14-12-22/h1-10,18-19,23H,11-15H2,(H,21,24). The lowest BCUT2D eigenvalue weighted by Gasteiger charge is -2.35. The first-order valence-electron chi connectivity index (χ1n) is 8.63. The maximum atomic E-state index is 12.4. The van der Waals surface area contributed by atoms with Crippen molar-refractivity contribution in [1.82, 2.24) is 10.2 Å². The van der Waals surface area contributed by atoms with Gasteiger partial charge in [-0.25, -0.2) is 0 Å². The van der Waals surface area contributed by atoms with Crippen molar-refractivity contribution in [3.8, 4) is 0 Å². The second kappa shape index (κ2) is 8.76. The minimum absolute atomic E-state index is 0.0667. The molecule has 5 nitrogen and oxygen atoms in total. The van der Waals surface area contributed by atoms with Gasteiger partial charge in [0, 0.05) is 19.6 Å². The van der Waals surface area contributed by atoms with Gasteiger partial charge in [-0.05, 0) is 11.1 Å². The number of nitrogens with one attached hydrogen (secondary N) is 1. The predicted octanol–water partition coefficient (Wildman–Crippen LogP) is 1.91. The molecule has 0 aromatic heterocycles. The van der Waals surface area contributed by atoms with Gasteiger partial charge in [0.2, 0.25) is 0 Å². The second-order valence-electron chi connectivity index (χ2n) is 6.13. The first-order chi connectivity index (χ1) is 12.3. The van der Waals surface area contributed by atoms with Crippen molar-refractivity contribution in [2.75, 3.05) is 32.8 Å². The molecule has 0 aliphatic carbocycles. The van der Waals surface area contributed by atoms with Crippen molar-refractivity contribution in [3.05, 3.63) is 71.8 Å². The lowest BCUT2D eigenvalue weighted by atomic mass is 10.0. The third kappa shape index (κ3) is 4.66. The van der Waals surface area contributed by atoms with Gasteiger partial charge >= 0.3 is 0 Å². The Hall–Kier alpha value is -2.21. The molecule has 0 radical (unpaired) electrons. The van der Waals surface area contributed by atoms with Gasteiger partial charge in [-0.2, -0.15) is 0 Å². The minimum atomic E-state index is -1.15. The van der Waals surface area contributed by atoms with Crippen LogP contribution in [-0.4, -0.2) is 48.8 Å². The van der Waals surface area contributed by atoms with E-state index in [0.29, 0.717) is 25.3 Å². The number of hydrogen-bond donors (Lipinski definition) is 2. The average Bonchev–Trinajstić information content (AvgIpc) is 2.70. The number of amides is 1. The summed E-state index contributed by atoms with van der Waals surface area (Å²) in [5.41, 5.74) is 1.75. The molecule has 5 heteroatoms. The van der Waals surface area contributed by atoms with E-state index >= 15 is 0 Å². The van der Waals surface area contributed by atoms with E-state index in [0.717, 1.165) is 18.7 Å². The molecule has 132 valence electrons. The van der Waals surface area contributed by atoms with Crippen LogP contribution in [0.3, 0.4) is 0 Å². The molecule has 1 heterocycles. The van der Waals surface area contributed by atoms with Gasteiger partial charge in [-0.3, -0.25) is 9.69 Å². The van der Waals surface area contributed by atoms with E-state index < -0.39 is 6.10 Å². The number of carbonyl (C=O) groups is 1. The first kappa shape index (κ1) is 17.6. The maximum Gasteiger partial charge on any atom is 0.253 e.